The molecule has 1 unspecified atom stereocenters. The zero-order valence-corrected chi connectivity index (χ0v) is 12.1. The molecule has 1 atom stereocenters. The number of carbonyl (C=O) groups is 1. The van der Waals surface area contributed by atoms with Gasteiger partial charge in [0, 0.05) is 18.7 Å². The highest BCUT2D eigenvalue weighted by Gasteiger charge is 2.15. The number of hydrogen-bond donors (Lipinski definition) is 2. The van der Waals surface area contributed by atoms with Crippen molar-refractivity contribution in [2.45, 2.75) is 45.6 Å². The lowest BCUT2D eigenvalue weighted by atomic mass is 10.1. The van der Waals surface area contributed by atoms with Gasteiger partial charge in [0.25, 0.3) is 5.91 Å². The van der Waals surface area contributed by atoms with Crippen LogP contribution >= 0.6 is 0 Å². The molecular weight excluding hydrogens is 252 g/mol. The normalized spacial score (nSPS) is 11.3. The largest absolute Gasteiger partial charge is 0.395 e. The smallest absolute Gasteiger partial charge is 0.271 e. The lowest BCUT2D eigenvalue weighted by molar-refractivity contribution is 0.0928. The van der Waals surface area contributed by atoms with E-state index in [1.165, 1.54) is 0 Å². The molecule has 0 spiro atoms. The van der Waals surface area contributed by atoms with Gasteiger partial charge >= 0.3 is 0 Å². The van der Waals surface area contributed by atoms with Crippen LogP contribution in [-0.4, -0.2) is 28.6 Å². The monoisotopic (exact) mass is 274 g/mol. The number of aromatic nitrogens is 1. The zero-order chi connectivity index (χ0) is 14.8. The Hall–Kier alpha value is -1.86. The minimum absolute atomic E-state index is 0.0171. The van der Waals surface area contributed by atoms with Gasteiger partial charge < -0.3 is 10.4 Å². The van der Waals surface area contributed by atoms with E-state index >= 15 is 0 Å². The Labute approximate surface area is 120 Å². The Balaban J connectivity index is 2.85. The fourth-order valence-corrected chi connectivity index (χ4v) is 1.88. The van der Waals surface area contributed by atoms with Crippen LogP contribution in [0.3, 0.4) is 0 Å². The fraction of sp³-hybridized carbons (Fsp3) is 0.500. The molecule has 4 nitrogen and oxygen atoms in total. The molecule has 1 aromatic rings. The summed E-state index contributed by atoms with van der Waals surface area (Å²) in [5.74, 6) is 5.52. The van der Waals surface area contributed by atoms with Gasteiger partial charge in [0.1, 0.15) is 5.69 Å². The second-order valence-electron chi connectivity index (χ2n) is 4.54. The first-order chi connectivity index (χ1) is 9.72. The summed E-state index contributed by atoms with van der Waals surface area (Å²) in [7, 11) is 0. The van der Waals surface area contributed by atoms with Crippen molar-refractivity contribution in [3.05, 3.63) is 29.6 Å². The Morgan fingerprint density at radius 2 is 2.30 bits per heavy atom. The molecule has 0 bridgehead atoms. The van der Waals surface area contributed by atoms with E-state index in [0.29, 0.717) is 17.7 Å². The SMILES string of the molecule is CCCC(CC)NC(=O)c1ncccc1C#CCCO. The third-order valence-corrected chi connectivity index (χ3v) is 2.95. The van der Waals surface area contributed by atoms with Crippen LogP contribution in [-0.2, 0) is 0 Å². The molecule has 108 valence electrons. The molecule has 0 aromatic carbocycles. The Bertz CT molecular complexity index is 489. The van der Waals surface area contributed by atoms with E-state index in [0.717, 1.165) is 19.3 Å². The van der Waals surface area contributed by atoms with Crippen molar-refractivity contribution in [1.29, 1.82) is 0 Å². The number of pyridine rings is 1. The fourth-order valence-electron chi connectivity index (χ4n) is 1.88. The quantitative estimate of drug-likeness (QED) is 0.781. The van der Waals surface area contributed by atoms with Crippen molar-refractivity contribution in [3.8, 4) is 11.8 Å². The molecule has 0 aliphatic heterocycles. The number of nitrogens with one attached hydrogen (secondary N) is 1. The number of aliphatic hydroxyl groups excluding tert-OH is 1. The minimum atomic E-state index is -0.181. The number of amides is 1. The first kappa shape index (κ1) is 16.2. The van der Waals surface area contributed by atoms with Gasteiger partial charge in [0.05, 0.1) is 12.2 Å². The molecule has 1 heterocycles. The highest BCUT2D eigenvalue weighted by atomic mass is 16.2. The van der Waals surface area contributed by atoms with E-state index in [4.69, 9.17) is 5.11 Å². The van der Waals surface area contributed by atoms with Gasteiger partial charge in [-0.2, -0.15) is 0 Å². The summed E-state index contributed by atoms with van der Waals surface area (Å²) < 4.78 is 0. The summed E-state index contributed by atoms with van der Waals surface area (Å²) in [5.41, 5.74) is 0.956. The molecule has 0 saturated carbocycles. The summed E-state index contributed by atoms with van der Waals surface area (Å²) in [5, 5.41) is 11.7. The topological polar surface area (TPSA) is 62.2 Å². The number of hydrogen-bond acceptors (Lipinski definition) is 3. The zero-order valence-electron chi connectivity index (χ0n) is 12.1. The van der Waals surface area contributed by atoms with Crippen molar-refractivity contribution in [2.75, 3.05) is 6.61 Å². The summed E-state index contributed by atoms with van der Waals surface area (Å²) in [4.78, 5) is 16.4. The van der Waals surface area contributed by atoms with Crippen molar-refractivity contribution < 1.29 is 9.90 Å². The van der Waals surface area contributed by atoms with Crippen LogP contribution < -0.4 is 5.32 Å². The third kappa shape index (κ3) is 5.02. The molecule has 1 rings (SSSR count). The average molecular weight is 274 g/mol. The van der Waals surface area contributed by atoms with Crippen LogP contribution in [0.1, 0.15) is 55.6 Å². The van der Waals surface area contributed by atoms with Crippen LogP contribution in [0.15, 0.2) is 18.3 Å². The van der Waals surface area contributed by atoms with Crippen LogP contribution in [0.25, 0.3) is 0 Å². The molecule has 20 heavy (non-hydrogen) atoms. The van der Waals surface area contributed by atoms with Crippen molar-refractivity contribution >= 4 is 5.91 Å². The second kappa shape index (κ2) is 9.11. The van der Waals surface area contributed by atoms with Crippen LogP contribution in [0, 0.1) is 11.8 Å². The summed E-state index contributed by atoms with van der Waals surface area (Å²) in [6, 6.07) is 3.70. The molecule has 2 N–H and O–H groups in total. The van der Waals surface area contributed by atoms with Crippen LogP contribution in [0.2, 0.25) is 0 Å². The average Bonchev–Trinajstić information content (AvgIpc) is 2.47. The van der Waals surface area contributed by atoms with Gasteiger partial charge in [0.2, 0.25) is 0 Å². The van der Waals surface area contributed by atoms with Gasteiger partial charge in [-0.25, -0.2) is 4.98 Å². The Morgan fingerprint density at radius 3 is 2.95 bits per heavy atom. The lowest BCUT2D eigenvalue weighted by Gasteiger charge is -2.16. The van der Waals surface area contributed by atoms with Gasteiger partial charge in [-0.1, -0.05) is 32.1 Å². The molecule has 0 fully saturated rings. The maximum absolute atomic E-state index is 12.3. The van der Waals surface area contributed by atoms with Gasteiger partial charge in [0.15, 0.2) is 0 Å². The number of rotatable bonds is 6. The molecule has 4 heteroatoms. The lowest BCUT2D eigenvalue weighted by Crippen LogP contribution is -2.35. The van der Waals surface area contributed by atoms with Gasteiger partial charge in [-0.3, -0.25) is 4.79 Å². The van der Waals surface area contributed by atoms with Crippen molar-refractivity contribution in [1.82, 2.24) is 10.3 Å². The summed E-state index contributed by atoms with van der Waals surface area (Å²) >= 11 is 0. The Morgan fingerprint density at radius 1 is 1.50 bits per heavy atom. The highest BCUT2D eigenvalue weighted by Crippen LogP contribution is 2.07. The standard InChI is InChI=1S/C16H22N2O2/c1-3-8-14(4-2)18-16(20)15-13(9-5-6-12-19)10-7-11-17-15/h7,10-11,14,19H,3-4,6,8,12H2,1-2H3,(H,18,20). The molecule has 0 radical (unpaired) electrons. The molecule has 1 aromatic heterocycles. The molecule has 1 amide bonds. The van der Waals surface area contributed by atoms with E-state index < -0.39 is 0 Å². The summed E-state index contributed by atoms with van der Waals surface area (Å²) in [6.45, 7) is 4.17. The third-order valence-electron chi connectivity index (χ3n) is 2.95. The number of nitrogens with zero attached hydrogens (tertiary/aromatic N) is 1. The summed E-state index contributed by atoms with van der Waals surface area (Å²) in [6.07, 6.45) is 4.87. The first-order valence-corrected chi connectivity index (χ1v) is 7.08. The molecule has 0 saturated heterocycles. The van der Waals surface area contributed by atoms with E-state index in [2.05, 4.69) is 36.0 Å². The predicted molar refractivity (Wildman–Crippen MR) is 79.3 cm³/mol. The van der Waals surface area contributed by atoms with Gasteiger partial charge in [-0.15, -0.1) is 0 Å². The van der Waals surface area contributed by atoms with E-state index in [1.54, 1.807) is 18.3 Å². The maximum Gasteiger partial charge on any atom is 0.271 e. The van der Waals surface area contributed by atoms with Crippen LogP contribution in [0.4, 0.5) is 0 Å². The first-order valence-electron chi connectivity index (χ1n) is 7.08. The van der Waals surface area contributed by atoms with E-state index in [9.17, 15) is 4.79 Å². The molecular formula is C16H22N2O2. The Kier molecular flexibility index (Phi) is 7.38. The number of aliphatic hydroxyl groups is 1. The molecule has 0 aliphatic carbocycles. The maximum atomic E-state index is 12.3. The van der Waals surface area contributed by atoms with Crippen molar-refractivity contribution in [3.63, 3.8) is 0 Å². The van der Waals surface area contributed by atoms with E-state index in [1.807, 2.05) is 0 Å². The van der Waals surface area contributed by atoms with Gasteiger partial charge in [-0.05, 0) is 25.0 Å². The second-order valence-corrected chi connectivity index (χ2v) is 4.54. The van der Waals surface area contributed by atoms with E-state index in [-0.39, 0.29) is 18.6 Å². The number of carbonyl (C=O) groups excluding carboxylic acids is 1. The molecule has 0 aliphatic rings. The minimum Gasteiger partial charge on any atom is -0.395 e. The van der Waals surface area contributed by atoms with Crippen LogP contribution in [0.5, 0.6) is 0 Å². The highest BCUT2D eigenvalue weighted by molar-refractivity contribution is 5.94. The van der Waals surface area contributed by atoms with Crippen molar-refractivity contribution in [2.24, 2.45) is 0 Å². The predicted octanol–water partition coefficient (Wildman–Crippen LogP) is 2.12.